The highest BCUT2D eigenvalue weighted by Gasteiger charge is 2.36. The van der Waals surface area contributed by atoms with Gasteiger partial charge in [-0.15, -0.1) is 0 Å². The van der Waals surface area contributed by atoms with Gasteiger partial charge < -0.3 is 9.47 Å². The predicted octanol–water partition coefficient (Wildman–Crippen LogP) is 4.42. The van der Waals surface area contributed by atoms with Crippen LogP contribution in [-0.2, 0) is 19.1 Å². The molecule has 0 bridgehead atoms. The Morgan fingerprint density at radius 3 is 1.59 bits per heavy atom. The van der Waals surface area contributed by atoms with Gasteiger partial charge in [0.1, 0.15) is 9.81 Å². The number of methoxy groups -OCH3 is 2. The molecule has 0 aromatic carbocycles. The van der Waals surface area contributed by atoms with E-state index in [1.165, 1.54) is 64.6 Å². The predicted molar refractivity (Wildman–Crippen MR) is 93.9 cm³/mol. The molecule has 0 saturated heterocycles. The molecule has 0 saturated carbocycles. The van der Waals surface area contributed by atoms with Crippen LogP contribution in [0.25, 0.3) is 0 Å². The van der Waals surface area contributed by atoms with Crippen molar-refractivity contribution in [1.82, 2.24) is 0 Å². The maximum Gasteiger partial charge on any atom is 0.346 e. The molecule has 118 valence electrons. The highest BCUT2D eigenvalue weighted by Crippen LogP contribution is 2.62. The topological polar surface area (TPSA) is 52.6 Å². The molecule has 0 amide bonds. The zero-order chi connectivity index (χ0) is 15.7. The summed E-state index contributed by atoms with van der Waals surface area (Å²) in [5.41, 5.74) is 0. The molecular formula is C14H14O4S4. The van der Waals surface area contributed by atoms with Gasteiger partial charge in [-0.25, -0.2) is 9.59 Å². The summed E-state index contributed by atoms with van der Waals surface area (Å²) in [6, 6.07) is 0. The minimum Gasteiger partial charge on any atom is -0.465 e. The summed E-state index contributed by atoms with van der Waals surface area (Å²) in [5.74, 6) is -0.974. The quantitative estimate of drug-likeness (QED) is 0.659. The highest BCUT2D eigenvalue weighted by molar-refractivity contribution is 8.34. The summed E-state index contributed by atoms with van der Waals surface area (Å²) in [6.45, 7) is 0. The largest absolute Gasteiger partial charge is 0.465 e. The van der Waals surface area contributed by atoms with Gasteiger partial charge >= 0.3 is 11.9 Å². The summed E-state index contributed by atoms with van der Waals surface area (Å²) in [7, 11) is 2.64. The maximum absolute atomic E-state index is 11.9. The van der Waals surface area contributed by atoms with Crippen LogP contribution in [0.2, 0.25) is 0 Å². The lowest BCUT2D eigenvalue weighted by Crippen LogP contribution is -2.08. The molecule has 0 fully saturated rings. The minimum absolute atomic E-state index is 0.327. The van der Waals surface area contributed by atoms with Crippen molar-refractivity contribution in [3.05, 3.63) is 28.1 Å². The molecule has 0 aromatic heterocycles. The first-order chi connectivity index (χ1) is 10.6. The lowest BCUT2D eigenvalue weighted by atomic mass is 10.1. The fourth-order valence-corrected chi connectivity index (χ4v) is 7.93. The van der Waals surface area contributed by atoms with E-state index in [0.29, 0.717) is 9.81 Å². The molecule has 0 N–H and O–H groups in total. The van der Waals surface area contributed by atoms with Crippen LogP contribution < -0.4 is 0 Å². The van der Waals surface area contributed by atoms with Crippen LogP contribution in [-0.4, -0.2) is 26.2 Å². The number of ether oxygens (including phenoxy) is 2. The van der Waals surface area contributed by atoms with Crippen LogP contribution in [0, 0.1) is 0 Å². The number of hydrogen-bond donors (Lipinski definition) is 0. The van der Waals surface area contributed by atoms with Crippen LogP contribution in [0.15, 0.2) is 28.1 Å². The van der Waals surface area contributed by atoms with Gasteiger partial charge in [0, 0.05) is 9.81 Å². The summed E-state index contributed by atoms with van der Waals surface area (Å²) < 4.78 is 11.7. The molecule has 22 heavy (non-hydrogen) atoms. The van der Waals surface area contributed by atoms with Crippen molar-refractivity contribution < 1.29 is 19.1 Å². The highest BCUT2D eigenvalue weighted by atomic mass is 32.2. The van der Waals surface area contributed by atoms with Crippen LogP contribution in [0.5, 0.6) is 0 Å². The summed E-state index contributed by atoms with van der Waals surface area (Å²) in [5, 5.41) is 0. The molecule has 1 aliphatic carbocycles. The number of thioether (sulfide) groups is 4. The average Bonchev–Trinajstić information content (AvgIpc) is 3.17. The second-order valence-electron chi connectivity index (χ2n) is 4.68. The zero-order valence-electron chi connectivity index (χ0n) is 12.1. The molecular weight excluding hydrogens is 360 g/mol. The van der Waals surface area contributed by atoms with Crippen molar-refractivity contribution in [2.75, 3.05) is 14.2 Å². The van der Waals surface area contributed by atoms with Crippen molar-refractivity contribution in [3.63, 3.8) is 0 Å². The minimum atomic E-state index is -0.487. The third-order valence-corrected chi connectivity index (χ3v) is 9.18. The molecule has 8 heteroatoms. The van der Waals surface area contributed by atoms with Gasteiger partial charge in [0.25, 0.3) is 0 Å². The number of rotatable bonds is 2. The Balaban J connectivity index is 1.84. The van der Waals surface area contributed by atoms with E-state index in [2.05, 4.69) is 0 Å². The lowest BCUT2D eigenvalue weighted by molar-refractivity contribution is -0.138. The summed E-state index contributed by atoms with van der Waals surface area (Å²) in [4.78, 5) is 27.3. The van der Waals surface area contributed by atoms with Gasteiger partial charge in [0.05, 0.1) is 22.7 Å². The number of hydrogen-bond acceptors (Lipinski definition) is 8. The Kier molecular flexibility index (Phi) is 5.21. The van der Waals surface area contributed by atoms with E-state index in [1.807, 2.05) is 0 Å². The number of esters is 2. The van der Waals surface area contributed by atoms with Crippen LogP contribution in [0.1, 0.15) is 25.7 Å². The molecule has 0 radical (unpaired) electrons. The standard InChI is InChI=1S/C14H14O4S4/c1-17-11(15)9-10(12(16)18-2)22-14(21-9)13-19-7-5-3-4-6-8(7)20-13/h3-6H2,1-2H3. The van der Waals surface area contributed by atoms with Gasteiger partial charge in [-0.3, -0.25) is 0 Å². The average molecular weight is 375 g/mol. The van der Waals surface area contributed by atoms with Gasteiger partial charge in [0.15, 0.2) is 0 Å². The van der Waals surface area contributed by atoms with E-state index < -0.39 is 11.9 Å². The number of carbonyl (C=O) groups is 2. The molecule has 0 spiro atoms. The third kappa shape index (κ3) is 3.11. The van der Waals surface area contributed by atoms with Crippen molar-refractivity contribution in [3.8, 4) is 0 Å². The first-order valence-corrected chi connectivity index (χ1v) is 9.99. The van der Waals surface area contributed by atoms with Crippen molar-refractivity contribution >= 4 is 59.0 Å². The fourth-order valence-electron chi connectivity index (χ4n) is 2.23. The van der Waals surface area contributed by atoms with Crippen molar-refractivity contribution in [1.29, 1.82) is 0 Å². The van der Waals surface area contributed by atoms with Gasteiger partial charge in [-0.2, -0.15) is 0 Å². The van der Waals surface area contributed by atoms with Crippen molar-refractivity contribution in [2.45, 2.75) is 25.7 Å². The number of allylic oxidation sites excluding steroid dienone is 2. The van der Waals surface area contributed by atoms with Gasteiger partial charge in [0.2, 0.25) is 0 Å². The van der Waals surface area contributed by atoms with E-state index >= 15 is 0 Å². The second-order valence-corrected chi connectivity index (χ2v) is 9.45. The Labute approximate surface area is 145 Å². The van der Waals surface area contributed by atoms with Gasteiger partial charge in [-0.1, -0.05) is 47.0 Å². The SMILES string of the molecule is COC(=O)C1=C(C(=O)OC)SC(=C2SC3=C(CCCC3)S2)S1. The Morgan fingerprint density at radius 2 is 1.18 bits per heavy atom. The molecule has 2 aliphatic heterocycles. The van der Waals surface area contributed by atoms with Crippen LogP contribution in [0.4, 0.5) is 0 Å². The molecule has 3 aliphatic rings. The van der Waals surface area contributed by atoms with Gasteiger partial charge in [-0.05, 0) is 25.7 Å². The van der Waals surface area contributed by atoms with E-state index in [-0.39, 0.29) is 0 Å². The zero-order valence-corrected chi connectivity index (χ0v) is 15.4. The Morgan fingerprint density at radius 1 is 0.773 bits per heavy atom. The van der Waals surface area contributed by atoms with Crippen LogP contribution in [0.3, 0.4) is 0 Å². The fraction of sp³-hybridized carbons (Fsp3) is 0.429. The van der Waals surface area contributed by atoms with E-state index in [1.54, 1.807) is 23.5 Å². The summed E-state index contributed by atoms with van der Waals surface area (Å²) >= 11 is 6.20. The first-order valence-electron chi connectivity index (χ1n) is 6.72. The maximum atomic E-state index is 11.9. The first kappa shape index (κ1) is 16.4. The van der Waals surface area contributed by atoms with E-state index in [4.69, 9.17) is 9.47 Å². The third-order valence-electron chi connectivity index (χ3n) is 3.30. The molecule has 3 rings (SSSR count). The normalized spacial score (nSPS) is 21.4. The van der Waals surface area contributed by atoms with Crippen LogP contribution >= 0.6 is 47.0 Å². The second kappa shape index (κ2) is 6.98. The molecule has 4 nitrogen and oxygen atoms in total. The van der Waals surface area contributed by atoms with E-state index in [0.717, 1.165) is 17.1 Å². The Bertz CT molecular complexity index is 583. The molecule has 0 aromatic rings. The molecule has 0 atom stereocenters. The molecule has 2 heterocycles. The Hall–Kier alpha value is -0.440. The number of carbonyl (C=O) groups excluding carboxylic acids is 2. The molecule has 0 unspecified atom stereocenters. The summed E-state index contributed by atoms with van der Waals surface area (Å²) in [6.07, 6.45) is 4.77. The lowest BCUT2D eigenvalue weighted by Gasteiger charge is -2.09. The van der Waals surface area contributed by atoms with Crippen molar-refractivity contribution in [2.24, 2.45) is 0 Å². The monoisotopic (exact) mass is 374 g/mol. The smallest absolute Gasteiger partial charge is 0.346 e. The van der Waals surface area contributed by atoms with E-state index in [9.17, 15) is 9.59 Å².